The topological polar surface area (TPSA) is 71.6 Å². The van der Waals surface area contributed by atoms with Gasteiger partial charge in [-0.25, -0.2) is 0 Å². The lowest BCUT2D eigenvalue weighted by atomic mass is 10.2. The third-order valence-electron chi connectivity index (χ3n) is 3.48. The first-order chi connectivity index (χ1) is 9.52. The van der Waals surface area contributed by atoms with Gasteiger partial charge in [-0.1, -0.05) is 0 Å². The SMILES string of the molecule is Cn1cc([N+](=O)[O-])cc1C(=O)N1CCN(CCCl)CC1. The minimum atomic E-state index is -0.491. The molecule has 0 atom stereocenters. The van der Waals surface area contributed by atoms with Crippen LogP contribution in [0.2, 0.25) is 0 Å². The summed E-state index contributed by atoms with van der Waals surface area (Å²) in [6.07, 6.45) is 1.36. The average molecular weight is 301 g/mol. The number of amides is 1. The predicted molar refractivity (Wildman–Crippen MR) is 75.1 cm³/mol. The number of nitrogens with zero attached hydrogens (tertiary/aromatic N) is 4. The van der Waals surface area contributed by atoms with Gasteiger partial charge < -0.3 is 9.47 Å². The molecule has 1 fully saturated rings. The molecule has 1 aliphatic heterocycles. The van der Waals surface area contributed by atoms with Gasteiger partial charge in [0, 0.05) is 51.7 Å². The van der Waals surface area contributed by atoms with Crippen LogP contribution in [0.25, 0.3) is 0 Å². The third-order valence-corrected chi connectivity index (χ3v) is 3.65. The van der Waals surface area contributed by atoms with E-state index >= 15 is 0 Å². The smallest absolute Gasteiger partial charge is 0.287 e. The summed E-state index contributed by atoms with van der Waals surface area (Å²) in [5.41, 5.74) is 0.291. The van der Waals surface area contributed by atoms with Crippen molar-refractivity contribution in [2.45, 2.75) is 0 Å². The zero-order chi connectivity index (χ0) is 14.7. The van der Waals surface area contributed by atoms with Crippen LogP contribution >= 0.6 is 11.6 Å². The van der Waals surface area contributed by atoms with Crippen molar-refractivity contribution in [3.8, 4) is 0 Å². The Bertz CT molecular complexity index is 509. The number of halogens is 1. The Hall–Kier alpha value is -1.60. The Labute approximate surface area is 121 Å². The molecular formula is C12H17ClN4O3. The normalized spacial score (nSPS) is 16.4. The third kappa shape index (κ3) is 3.10. The minimum Gasteiger partial charge on any atom is -0.340 e. The highest BCUT2D eigenvalue weighted by Gasteiger charge is 2.25. The van der Waals surface area contributed by atoms with Crippen LogP contribution in [-0.4, -0.2) is 63.8 Å². The number of piperazine rings is 1. The molecule has 0 radical (unpaired) electrons. The van der Waals surface area contributed by atoms with Gasteiger partial charge in [-0.05, 0) is 0 Å². The maximum atomic E-state index is 12.4. The fraction of sp³-hybridized carbons (Fsp3) is 0.583. The summed E-state index contributed by atoms with van der Waals surface area (Å²) in [5, 5.41) is 10.7. The van der Waals surface area contributed by atoms with Gasteiger partial charge in [0.05, 0.1) is 11.1 Å². The highest BCUT2D eigenvalue weighted by molar-refractivity contribution is 6.18. The van der Waals surface area contributed by atoms with E-state index in [4.69, 9.17) is 11.6 Å². The lowest BCUT2D eigenvalue weighted by Gasteiger charge is -2.34. The summed E-state index contributed by atoms with van der Waals surface area (Å²) in [5.74, 6) is 0.420. The van der Waals surface area contributed by atoms with Gasteiger partial charge in [0.25, 0.3) is 11.6 Å². The molecule has 2 rings (SSSR count). The molecule has 2 heterocycles. The van der Waals surface area contributed by atoms with Gasteiger partial charge in [-0.3, -0.25) is 19.8 Å². The standard InChI is InChI=1S/C12H17ClN4O3/c1-14-9-10(17(19)20)8-11(14)12(18)16-6-4-15(3-2-13)5-7-16/h8-9H,2-7H2,1H3. The van der Waals surface area contributed by atoms with Gasteiger partial charge in [0.1, 0.15) is 5.69 Å². The number of nitro groups is 1. The average Bonchev–Trinajstić information content (AvgIpc) is 2.81. The van der Waals surface area contributed by atoms with E-state index in [2.05, 4.69) is 4.90 Å². The largest absolute Gasteiger partial charge is 0.340 e. The lowest BCUT2D eigenvalue weighted by molar-refractivity contribution is -0.384. The number of carbonyl (C=O) groups is 1. The maximum absolute atomic E-state index is 12.4. The molecule has 1 aromatic rings. The van der Waals surface area contributed by atoms with Crippen molar-refractivity contribution in [1.82, 2.24) is 14.4 Å². The molecule has 8 heteroatoms. The Morgan fingerprint density at radius 2 is 2.05 bits per heavy atom. The van der Waals surface area contributed by atoms with Crippen molar-refractivity contribution in [2.24, 2.45) is 7.05 Å². The Morgan fingerprint density at radius 1 is 1.40 bits per heavy atom. The molecule has 1 aromatic heterocycles. The van der Waals surface area contributed by atoms with Crippen LogP contribution in [-0.2, 0) is 7.05 Å². The molecule has 0 aliphatic carbocycles. The summed E-state index contributed by atoms with van der Waals surface area (Å²) in [4.78, 5) is 26.5. The van der Waals surface area contributed by atoms with Gasteiger partial charge in [0.2, 0.25) is 0 Å². The number of hydrogen-bond donors (Lipinski definition) is 0. The number of alkyl halides is 1. The van der Waals surface area contributed by atoms with Crippen molar-refractivity contribution in [3.63, 3.8) is 0 Å². The van der Waals surface area contributed by atoms with E-state index in [0.29, 0.717) is 24.7 Å². The first kappa shape index (κ1) is 14.8. The van der Waals surface area contributed by atoms with Crippen molar-refractivity contribution in [3.05, 3.63) is 28.1 Å². The van der Waals surface area contributed by atoms with Crippen molar-refractivity contribution in [1.29, 1.82) is 0 Å². The summed E-state index contributed by atoms with van der Waals surface area (Å²) in [6.45, 7) is 3.62. The van der Waals surface area contributed by atoms with Crippen molar-refractivity contribution >= 4 is 23.2 Å². The Morgan fingerprint density at radius 3 is 2.55 bits per heavy atom. The zero-order valence-corrected chi connectivity index (χ0v) is 12.0. The number of hydrogen-bond acceptors (Lipinski definition) is 4. The minimum absolute atomic E-state index is 0.0587. The number of carbonyl (C=O) groups excluding carboxylic acids is 1. The second-order valence-corrected chi connectivity index (χ2v) is 5.15. The molecule has 0 unspecified atom stereocenters. The van der Waals surface area contributed by atoms with Gasteiger partial charge in [-0.15, -0.1) is 11.6 Å². The fourth-order valence-electron chi connectivity index (χ4n) is 2.32. The molecular weight excluding hydrogens is 284 g/mol. The van der Waals surface area contributed by atoms with Crippen LogP contribution in [0.1, 0.15) is 10.5 Å². The molecule has 1 saturated heterocycles. The van der Waals surface area contributed by atoms with Crippen LogP contribution in [0.3, 0.4) is 0 Å². The van der Waals surface area contributed by atoms with Gasteiger partial charge in [-0.2, -0.15) is 0 Å². The summed E-state index contributed by atoms with van der Waals surface area (Å²) >= 11 is 5.69. The van der Waals surface area contributed by atoms with E-state index in [0.717, 1.165) is 19.6 Å². The quantitative estimate of drug-likeness (QED) is 0.471. The molecule has 20 heavy (non-hydrogen) atoms. The van der Waals surface area contributed by atoms with E-state index in [1.807, 2.05) is 0 Å². The molecule has 0 saturated carbocycles. The molecule has 0 spiro atoms. The Kier molecular flexibility index (Phi) is 4.61. The van der Waals surface area contributed by atoms with E-state index in [-0.39, 0.29) is 11.6 Å². The highest BCUT2D eigenvalue weighted by Crippen LogP contribution is 2.17. The molecule has 0 aromatic carbocycles. The molecule has 110 valence electrons. The molecule has 7 nitrogen and oxygen atoms in total. The maximum Gasteiger partial charge on any atom is 0.287 e. The number of aromatic nitrogens is 1. The van der Waals surface area contributed by atoms with Crippen LogP contribution in [0, 0.1) is 10.1 Å². The first-order valence-electron chi connectivity index (χ1n) is 6.41. The molecule has 0 bridgehead atoms. The summed E-state index contributed by atoms with van der Waals surface area (Å²) in [6, 6.07) is 1.33. The van der Waals surface area contributed by atoms with Crippen LogP contribution < -0.4 is 0 Å². The van der Waals surface area contributed by atoms with E-state index in [9.17, 15) is 14.9 Å². The molecule has 1 amide bonds. The van der Waals surface area contributed by atoms with Crippen molar-refractivity contribution < 1.29 is 9.72 Å². The second kappa shape index (κ2) is 6.23. The van der Waals surface area contributed by atoms with Crippen molar-refractivity contribution in [2.75, 3.05) is 38.6 Å². The first-order valence-corrected chi connectivity index (χ1v) is 6.94. The fourth-order valence-corrected chi connectivity index (χ4v) is 2.55. The monoisotopic (exact) mass is 300 g/mol. The zero-order valence-electron chi connectivity index (χ0n) is 11.3. The second-order valence-electron chi connectivity index (χ2n) is 4.77. The highest BCUT2D eigenvalue weighted by atomic mass is 35.5. The summed E-state index contributed by atoms with van der Waals surface area (Å²) < 4.78 is 1.51. The van der Waals surface area contributed by atoms with Gasteiger partial charge in [0.15, 0.2) is 0 Å². The van der Waals surface area contributed by atoms with Crippen LogP contribution in [0.15, 0.2) is 12.3 Å². The van der Waals surface area contributed by atoms with Gasteiger partial charge >= 0.3 is 0 Å². The van der Waals surface area contributed by atoms with E-state index in [1.54, 1.807) is 11.9 Å². The predicted octanol–water partition coefficient (Wildman–Crippen LogP) is 0.930. The molecule has 1 aliphatic rings. The number of rotatable bonds is 4. The van der Waals surface area contributed by atoms with Crippen LogP contribution in [0.4, 0.5) is 5.69 Å². The van der Waals surface area contributed by atoms with E-state index in [1.165, 1.54) is 16.8 Å². The van der Waals surface area contributed by atoms with E-state index < -0.39 is 4.92 Å². The van der Waals surface area contributed by atoms with Crippen LogP contribution in [0.5, 0.6) is 0 Å². The Balaban J connectivity index is 2.03. The summed E-state index contributed by atoms with van der Waals surface area (Å²) in [7, 11) is 1.64. The molecule has 0 N–H and O–H groups in total. The lowest BCUT2D eigenvalue weighted by Crippen LogP contribution is -2.49. The number of aryl methyl sites for hydroxylation is 1.